The Morgan fingerprint density at radius 2 is 2.00 bits per heavy atom. The summed E-state index contributed by atoms with van der Waals surface area (Å²) in [5.41, 5.74) is 4.64. The SMILES string of the molecule is CCc1cc(Cl)c(NC2(c3c[pH]c4c3C=CCC4)CC2)cc1O.COC1CC(CO)N(C=O)C1.O=C(O)C1CCCCC1. The molecule has 3 atom stereocenters. The van der Waals surface area contributed by atoms with Crippen molar-refractivity contribution < 1.29 is 29.6 Å². The molecule has 4 N–H and O–H groups in total. The zero-order valence-corrected chi connectivity index (χ0v) is 27.0. The van der Waals surface area contributed by atoms with E-state index in [4.69, 9.17) is 26.6 Å². The van der Waals surface area contributed by atoms with Crippen LogP contribution in [0.4, 0.5) is 5.69 Å². The highest BCUT2D eigenvalue weighted by Crippen LogP contribution is 2.53. The summed E-state index contributed by atoms with van der Waals surface area (Å²) >= 11 is 6.44. The van der Waals surface area contributed by atoms with Gasteiger partial charge in [0, 0.05) is 19.7 Å². The number of aliphatic hydroxyl groups excluding tert-OH is 1. The number of aromatic hydroxyl groups is 1. The highest BCUT2D eigenvalue weighted by molar-refractivity contribution is 7.30. The Labute approximate surface area is 261 Å². The molecule has 2 aromatic rings. The molecular formula is C33H46ClN2O6P. The van der Waals surface area contributed by atoms with Gasteiger partial charge in [0.15, 0.2) is 0 Å². The summed E-state index contributed by atoms with van der Waals surface area (Å²) in [5, 5.41) is 33.5. The normalized spacial score (nSPS) is 22.2. The number of aliphatic hydroxyl groups is 1. The number of anilines is 1. The van der Waals surface area contributed by atoms with E-state index in [1.54, 1.807) is 23.4 Å². The van der Waals surface area contributed by atoms with Crippen LogP contribution in [-0.2, 0) is 32.7 Å². The van der Waals surface area contributed by atoms with Crippen LogP contribution < -0.4 is 5.32 Å². The smallest absolute Gasteiger partial charge is 0.306 e. The number of hydrogen-bond donors (Lipinski definition) is 4. The molecule has 4 aliphatic rings. The number of phenolic OH excluding ortho intramolecular Hbond substituents is 1. The molecule has 10 heteroatoms. The summed E-state index contributed by atoms with van der Waals surface area (Å²) in [6.45, 7) is 2.65. The fourth-order valence-corrected chi connectivity index (χ4v) is 7.90. The van der Waals surface area contributed by atoms with E-state index in [1.807, 2.05) is 13.0 Å². The first-order chi connectivity index (χ1) is 20.7. The predicted molar refractivity (Wildman–Crippen MR) is 174 cm³/mol. The van der Waals surface area contributed by atoms with Gasteiger partial charge < -0.3 is 30.3 Å². The first kappa shape index (κ1) is 33.4. The topological polar surface area (TPSA) is 119 Å². The van der Waals surface area contributed by atoms with Gasteiger partial charge in [0.05, 0.1) is 40.9 Å². The molecule has 0 radical (unpaired) electrons. The van der Waals surface area contributed by atoms with Crippen LogP contribution >= 0.6 is 19.8 Å². The summed E-state index contributed by atoms with van der Waals surface area (Å²) < 4.78 is 5.06. The van der Waals surface area contributed by atoms with E-state index in [0.717, 1.165) is 77.2 Å². The van der Waals surface area contributed by atoms with Crippen molar-refractivity contribution in [3.63, 3.8) is 0 Å². The lowest BCUT2D eigenvalue weighted by Crippen LogP contribution is -2.30. The average molecular weight is 633 g/mol. The molecule has 2 saturated carbocycles. The fourth-order valence-electron chi connectivity index (χ4n) is 6.25. The number of allylic oxidation sites excluding steroid dienone is 1. The maximum absolute atomic E-state index is 10.4. The van der Waals surface area contributed by atoms with Gasteiger partial charge in [0.25, 0.3) is 0 Å². The Balaban J connectivity index is 0.000000176. The number of halogens is 1. The van der Waals surface area contributed by atoms with Crippen molar-refractivity contribution in [3.05, 3.63) is 51.0 Å². The summed E-state index contributed by atoms with van der Waals surface area (Å²) in [5.74, 6) is 2.11. The molecule has 0 bridgehead atoms. The van der Waals surface area contributed by atoms with Crippen LogP contribution in [0.15, 0.2) is 24.0 Å². The summed E-state index contributed by atoms with van der Waals surface area (Å²) in [7, 11) is 2.45. The van der Waals surface area contributed by atoms with Crippen LogP contribution in [0, 0.1) is 5.92 Å². The number of hydrogen-bond acceptors (Lipinski definition) is 6. The van der Waals surface area contributed by atoms with Crippen molar-refractivity contribution in [2.24, 2.45) is 5.92 Å². The number of methoxy groups -OCH3 is 1. The van der Waals surface area contributed by atoms with Crippen LogP contribution in [0.5, 0.6) is 5.75 Å². The average Bonchev–Trinajstić information content (AvgIpc) is 3.47. The molecule has 2 heterocycles. The molecule has 1 saturated heterocycles. The van der Waals surface area contributed by atoms with Crippen molar-refractivity contribution >= 4 is 43.9 Å². The number of nitrogens with zero attached hydrogens (tertiary/aromatic N) is 1. The zero-order valence-electron chi connectivity index (χ0n) is 25.3. The van der Waals surface area contributed by atoms with Gasteiger partial charge in [-0.2, -0.15) is 0 Å². The van der Waals surface area contributed by atoms with Gasteiger partial charge in [-0.05, 0) is 85.2 Å². The number of carboxylic acid groups (broad SMARTS) is 1. The maximum atomic E-state index is 10.4. The number of rotatable bonds is 8. The van der Waals surface area contributed by atoms with Gasteiger partial charge >= 0.3 is 5.97 Å². The van der Waals surface area contributed by atoms with E-state index in [-0.39, 0.29) is 30.2 Å². The minimum Gasteiger partial charge on any atom is -0.508 e. The van der Waals surface area contributed by atoms with Crippen LogP contribution in [0.1, 0.15) is 86.7 Å². The molecule has 6 rings (SSSR count). The Hall–Kier alpha value is -2.51. The van der Waals surface area contributed by atoms with Gasteiger partial charge in [0.2, 0.25) is 6.41 Å². The number of carbonyl (C=O) groups excluding carboxylic acids is 1. The van der Waals surface area contributed by atoms with E-state index in [0.29, 0.717) is 17.3 Å². The molecule has 0 spiro atoms. The number of ether oxygens (including phenoxy) is 1. The number of fused-ring (bicyclic) bond motifs is 1. The quantitative estimate of drug-likeness (QED) is 0.243. The molecule has 1 aromatic heterocycles. The van der Waals surface area contributed by atoms with Crippen molar-refractivity contribution in [1.29, 1.82) is 0 Å². The maximum Gasteiger partial charge on any atom is 0.306 e. The lowest BCUT2D eigenvalue weighted by atomic mass is 9.90. The van der Waals surface area contributed by atoms with Crippen molar-refractivity contribution in [2.45, 2.75) is 95.2 Å². The summed E-state index contributed by atoms with van der Waals surface area (Å²) in [6.07, 6.45) is 16.8. The van der Waals surface area contributed by atoms with E-state index < -0.39 is 5.97 Å². The van der Waals surface area contributed by atoms with Gasteiger partial charge in [-0.15, -0.1) is 8.19 Å². The highest BCUT2D eigenvalue weighted by Gasteiger charge is 2.46. The number of phenols is 1. The second-order valence-electron chi connectivity index (χ2n) is 12.0. The van der Waals surface area contributed by atoms with E-state index in [2.05, 4.69) is 23.3 Å². The molecule has 1 amide bonds. The monoisotopic (exact) mass is 632 g/mol. The number of amides is 1. The number of carbonyl (C=O) groups is 2. The fraction of sp³-hybridized carbons (Fsp3) is 0.576. The largest absolute Gasteiger partial charge is 0.508 e. The molecule has 8 nitrogen and oxygen atoms in total. The predicted octanol–water partition coefficient (Wildman–Crippen LogP) is 6.58. The zero-order chi connectivity index (χ0) is 31.0. The van der Waals surface area contributed by atoms with Gasteiger partial charge in [-0.25, -0.2) is 0 Å². The van der Waals surface area contributed by atoms with Gasteiger partial charge in [0.1, 0.15) is 5.75 Å². The lowest BCUT2D eigenvalue weighted by Gasteiger charge is -2.22. The Morgan fingerprint density at radius 3 is 2.56 bits per heavy atom. The summed E-state index contributed by atoms with van der Waals surface area (Å²) in [6, 6.07) is 3.62. The molecule has 1 aromatic carbocycles. The van der Waals surface area contributed by atoms with Crippen LogP contribution in [0.2, 0.25) is 5.02 Å². The molecule has 43 heavy (non-hydrogen) atoms. The molecular weight excluding hydrogens is 587 g/mol. The molecule has 3 aliphatic carbocycles. The first-order valence-electron chi connectivity index (χ1n) is 15.5. The van der Waals surface area contributed by atoms with Crippen LogP contribution in [-0.4, -0.2) is 65.0 Å². The van der Waals surface area contributed by atoms with Crippen molar-refractivity contribution in [1.82, 2.24) is 4.90 Å². The number of nitrogens with one attached hydrogen (secondary N) is 1. The van der Waals surface area contributed by atoms with Crippen LogP contribution in [0.25, 0.3) is 6.08 Å². The standard InChI is InChI=1S/C19H21ClNOP.C7H13NO3.C7H12O2/c1-2-12-9-15(20)16(10-17(12)22)21-19(7-8-19)14-11-23-18-6-4-3-5-13(14)18;1-11-7-2-6(4-9)8(3-7)5-10;8-7(9)6-4-2-1-3-5-6/h3,5,9-11,21-23H,2,4,6-8H2,1H3;5-7,9H,2-4H2,1H3;6H,1-5H2,(H,8,9). The summed E-state index contributed by atoms with van der Waals surface area (Å²) in [4.78, 5) is 22.3. The molecule has 3 unspecified atom stereocenters. The number of carboxylic acids is 1. The Morgan fingerprint density at radius 1 is 1.26 bits per heavy atom. The van der Waals surface area contributed by atoms with Gasteiger partial charge in [-0.3, -0.25) is 9.59 Å². The third-order valence-electron chi connectivity index (χ3n) is 9.09. The highest BCUT2D eigenvalue weighted by atomic mass is 35.5. The first-order valence-corrected chi connectivity index (χ1v) is 16.9. The minimum absolute atomic E-state index is 0.00950. The lowest BCUT2D eigenvalue weighted by molar-refractivity contribution is -0.142. The Kier molecular flexibility index (Phi) is 12.0. The number of benzene rings is 1. The van der Waals surface area contributed by atoms with Gasteiger partial charge in [-0.1, -0.05) is 49.9 Å². The van der Waals surface area contributed by atoms with E-state index >= 15 is 0 Å². The number of aryl methyl sites for hydroxylation is 2. The Bertz CT molecular complexity index is 1270. The van der Waals surface area contributed by atoms with E-state index in [9.17, 15) is 14.7 Å². The molecule has 1 aliphatic heterocycles. The number of aliphatic carboxylic acids is 1. The third-order valence-corrected chi connectivity index (χ3v) is 10.7. The second kappa shape index (κ2) is 15.5. The molecule has 236 valence electrons. The number of likely N-dealkylation sites (tertiary alicyclic amines) is 1. The minimum atomic E-state index is -0.602. The van der Waals surface area contributed by atoms with Crippen molar-refractivity contribution in [3.8, 4) is 5.75 Å². The van der Waals surface area contributed by atoms with Crippen LogP contribution in [0.3, 0.4) is 0 Å². The molecule has 3 fully saturated rings. The second-order valence-corrected chi connectivity index (χ2v) is 13.6. The van der Waals surface area contributed by atoms with E-state index in [1.165, 1.54) is 30.4 Å². The van der Waals surface area contributed by atoms with Crippen molar-refractivity contribution in [2.75, 3.05) is 25.6 Å². The third kappa shape index (κ3) is 8.36.